The van der Waals surface area contributed by atoms with Gasteiger partial charge in [-0.2, -0.15) is 0 Å². The summed E-state index contributed by atoms with van der Waals surface area (Å²) in [5.74, 6) is 2.35. The lowest BCUT2D eigenvalue weighted by molar-refractivity contribution is 0.203. The number of ether oxygens (including phenoxy) is 1. The van der Waals surface area contributed by atoms with Crippen molar-refractivity contribution in [2.24, 2.45) is 4.99 Å². The predicted molar refractivity (Wildman–Crippen MR) is 115 cm³/mol. The van der Waals surface area contributed by atoms with E-state index in [0.717, 1.165) is 24.7 Å². The molecule has 0 aromatic heterocycles. The summed E-state index contributed by atoms with van der Waals surface area (Å²) in [6.07, 6.45) is 6.07. The summed E-state index contributed by atoms with van der Waals surface area (Å²) in [6, 6.07) is 8.92. The van der Waals surface area contributed by atoms with Crippen molar-refractivity contribution in [1.82, 2.24) is 15.5 Å². The summed E-state index contributed by atoms with van der Waals surface area (Å²) in [5.41, 5.74) is 1.35. The van der Waals surface area contributed by atoms with E-state index in [4.69, 9.17) is 4.74 Å². The van der Waals surface area contributed by atoms with Gasteiger partial charge in [0.2, 0.25) is 0 Å². The van der Waals surface area contributed by atoms with E-state index >= 15 is 0 Å². The zero-order chi connectivity index (χ0) is 19.5. The Balaban J connectivity index is 1.68. The van der Waals surface area contributed by atoms with Crippen molar-refractivity contribution in [2.45, 2.75) is 57.9 Å². The maximum Gasteiger partial charge on any atom is 0.191 e. The van der Waals surface area contributed by atoms with Crippen molar-refractivity contribution < 1.29 is 4.74 Å². The van der Waals surface area contributed by atoms with Crippen molar-refractivity contribution >= 4 is 5.96 Å². The van der Waals surface area contributed by atoms with Gasteiger partial charge in [0.25, 0.3) is 0 Å². The van der Waals surface area contributed by atoms with Gasteiger partial charge in [0, 0.05) is 32.7 Å². The fourth-order valence-electron chi connectivity index (χ4n) is 3.58. The molecule has 1 aromatic rings. The quantitative estimate of drug-likeness (QED) is 0.512. The number of hydrogen-bond donors (Lipinski definition) is 2. The molecule has 1 unspecified atom stereocenters. The molecule has 1 aliphatic heterocycles. The second kappa shape index (κ2) is 11.9. The summed E-state index contributed by atoms with van der Waals surface area (Å²) in [6.45, 7) is 9.10. The van der Waals surface area contributed by atoms with Gasteiger partial charge in [-0.05, 0) is 55.8 Å². The van der Waals surface area contributed by atoms with Crippen LogP contribution in [0.25, 0.3) is 0 Å². The standard InChI is InChI=1S/C22H38N4O/c1-5-6-15-26-16-12-20(13-17-26)25-22(23-3)24-14-11-18(2)19-7-9-21(27-4)10-8-19/h7-10,18,20H,5-6,11-17H2,1-4H3,(H2,23,24,25). The van der Waals surface area contributed by atoms with Gasteiger partial charge in [-0.25, -0.2) is 0 Å². The van der Waals surface area contributed by atoms with Crippen LogP contribution < -0.4 is 15.4 Å². The molecule has 1 saturated heterocycles. The van der Waals surface area contributed by atoms with Crippen molar-refractivity contribution in [2.75, 3.05) is 40.3 Å². The summed E-state index contributed by atoms with van der Waals surface area (Å²) in [7, 11) is 3.56. The predicted octanol–water partition coefficient (Wildman–Crippen LogP) is 3.62. The molecule has 152 valence electrons. The lowest BCUT2D eigenvalue weighted by Gasteiger charge is -2.33. The van der Waals surface area contributed by atoms with Crippen molar-refractivity contribution in [3.8, 4) is 5.75 Å². The average Bonchev–Trinajstić information content (AvgIpc) is 2.72. The Hall–Kier alpha value is -1.75. The number of nitrogens with one attached hydrogen (secondary N) is 2. The molecule has 0 bridgehead atoms. The number of hydrogen-bond acceptors (Lipinski definition) is 3. The van der Waals surface area contributed by atoms with Crippen LogP contribution in [0.3, 0.4) is 0 Å². The third-order valence-electron chi connectivity index (χ3n) is 5.53. The van der Waals surface area contributed by atoms with E-state index in [1.807, 2.05) is 19.2 Å². The van der Waals surface area contributed by atoms with Crippen LogP contribution in [0.15, 0.2) is 29.3 Å². The lowest BCUT2D eigenvalue weighted by Crippen LogP contribution is -2.49. The molecule has 27 heavy (non-hydrogen) atoms. The average molecular weight is 375 g/mol. The van der Waals surface area contributed by atoms with Crippen LogP contribution in [-0.2, 0) is 0 Å². The third-order valence-corrected chi connectivity index (χ3v) is 5.53. The van der Waals surface area contributed by atoms with E-state index in [1.165, 1.54) is 50.9 Å². The maximum atomic E-state index is 5.23. The van der Waals surface area contributed by atoms with Gasteiger partial charge in [0.05, 0.1) is 7.11 Å². The zero-order valence-electron chi connectivity index (χ0n) is 17.6. The molecule has 0 aliphatic carbocycles. The van der Waals surface area contributed by atoms with Gasteiger partial charge in [0.1, 0.15) is 5.75 Å². The van der Waals surface area contributed by atoms with Crippen LogP contribution in [0.2, 0.25) is 0 Å². The smallest absolute Gasteiger partial charge is 0.191 e. The highest BCUT2D eigenvalue weighted by Crippen LogP contribution is 2.21. The van der Waals surface area contributed by atoms with E-state index in [2.05, 4.69) is 46.5 Å². The minimum Gasteiger partial charge on any atom is -0.497 e. The highest BCUT2D eigenvalue weighted by atomic mass is 16.5. The van der Waals surface area contributed by atoms with E-state index in [-0.39, 0.29) is 0 Å². The molecule has 1 atom stereocenters. The van der Waals surface area contributed by atoms with Crippen LogP contribution in [0.5, 0.6) is 5.75 Å². The molecule has 1 aromatic carbocycles. The summed E-state index contributed by atoms with van der Waals surface area (Å²) < 4.78 is 5.23. The van der Waals surface area contributed by atoms with Crippen LogP contribution in [-0.4, -0.2) is 57.2 Å². The number of aliphatic imine (C=N–C) groups is 1. The second-order valence-corrected chi connectivity index (χ2v) is 7.58. The number of likely N-dealkylation sites (tertiary alicyclic amines) is 1. The lowest BCUT2D eigenvalue weighted by atomic mass is 9.98. The number of nitrogens with zero attached hydrogens (tertiary/aromatic N) is 2. The normalized spacial score (nSPS) is 17.6. The third kappa shape index (κ3) is 7.41. The molecule has 2 N–H and O–H groups in total. The van der Waals surface area contributed by atoms with E-state index < -0.39 is 0 Å². The number of benzene rings is 1. The molecule has 1 fully saturated rings. The molecule has 1 heterocycles. The number of rotatable bonds is 9. The summed E-state index contributed by atoms with van der Waals surface area (Å²) in [5, 5.41) is 7.09. The van der Waals surface area contributed by atoms with E-state index in [0.29, 0.717) is 12.0 Å². The highest BCUT2D eigenvalue weighted by Gasteiger charge is 2.19. The molecular weight excluding hydrogens is 336 g/mol. The van der Waals surface area contributed by atoms with E-state index in [1.54, 1.807) is 7.11 Å². The Morgan fingerprint density at radius 1 is 1.26 bits per heavy atom. The van der Waals surface area contributed by atoms with Crippen LogP contribution in [0.4, 0.5) is 0 Å². The Kier molecular flexibility index (Phi) is 9.46. The number of guanidine groups is 1. The molecule has 0 amide bonds. The zero-order valence-corrected chi connectivity index (χ0v) is 17.6. The number of unbranched alkanes of at least 4 members (excludes halogenated alkanes) is 1. The molecule has 0 saturated carbocycles. The Morgan fingerprint density at radius 2 is 1.96 bits per heavy atom. The summed E-state index contributed by atoms with van der Waals surface area (Å²) in [4.78, 5) is 7.00. The fourth-order valence-corrected chi connectivity index (χ4v) is 3.58. The molecular formula is C22H38N4O. The first-order valence-corrected chi connectivity index (χ1v) is 10.5. The van der Waals surface area contributed by atoms with Gasteiger partial charge >= 0.3 is 0 Å². The molecule has 0 radical (unpaired) electrons. The molecule has 1 aliphatic rings. The van der Waals surface area contributed by atoms with Crippen molar-refractivity contribution in [1.29, 1.82) is 0 Å². The first kappa shape index (κ1) is 21.5. The van der Waals surface area contributed by atoms with Gasteiger partial charge in [-0.3, -0.25) is 4.99 Å². The Bertz CT molecular complexity index is 550. The topological polar surface area (TPSA) is 48.9 Å². The molecule has 2 rings (SSSR count). The van der Waals surface area contributed by atoms with E-state index in [9.17, 15) is 0 Å². The largest absolute Gasteiger partial charge is 0.497 e. The first-order chi connectivity index (χ1) is 13.2. The van der Waals surface area contributed by atoms with Crippen molar-refractivity contribution in [3.05, 3.63) is 29.8 Å². The van der Waals surface area contributed by atoms with Gasteiger partial charge in [-0.1, -0.05) is 32.4 Å². The van der Waals surface area contributed by atoms with Crippen LogP contribution in [0, 0.1) is 0 Å². The molecule has 5 heteroatoms. The SMILES string of the molecule is CCCCN1CCC(NC(=NC)NCCC(C)c2ccc(OC)cc2)CC1. The van der Waals surface area contributed by atoms with Gasteiger partial charge < -0.3 is 20.3 Å². The highest BCUT2D eigenvalue weighted by molar-refractivity contribution is 5.79. The van der Waals surface area contributed by atoms with Gasteiger partial charge in [-0.15, -0.1) is 0 Å². The molecule has 5 nitrogen and oxygen atoms in total. The maximum absolute atomic E-state index is 5.23. The first-order valence-electron chi connectivity index (χ1n) is 10.5. The monoisotopic (exact) mass is 374 g/mol. The second-order valence-electron chi connectivity index (χ2n) is 7.58. The minimum absolute atomic E-state index is 0.503. The Labute approximate surface area is 165 Å². The van der Waals surface area contributed by atoms with Crippen molar-refractivity contribution in [3.63, 3.8) is 0 Å². The van der Waals surface area contributed by atoms with Crippen LogP contribution in [0.1, 0.15) is 57.4 Å². The summed E-state index contributed by atoms with van der Waals surface area (Å²) >= 11 is 0. The van der Waals surface area contributed by atoms with Gasteiger partial charge in [0.15, 0.2) is 5.96 Å². The van der Waals surface area contributed by atoms with Crippen LogP contribution >= 0.6 is 0 Å². The molecule has 0 spiro atoms. The minimum atomic E-state index is 0.503. The number of piperidine rings is 1. The number of methoxy groups -OCH3 is 1. The Morgan fingerprint density at radius 3 is 2.56 bits per heavy atom. The fraction of sp³-hybridized carbons (Fsp3) is 0.682.